The number of carbonyl (C=O) groups is 2. The fraction of sp³-hybridized carbons (Fsp3) is 0.227. The van der Waals surface area contributed by atoms with Crippen LogP contribution in [0.15, 0.2) is 53.1 Å². The number of anilines is 1. The lowest BCUT2D eigenvalue weighted by Crippen LogP contribution is -2.48. The molecule has 0 unspecified atom stereocenters. The number of benzene rings is 2. The minimum atomic E-state index is -1.19. The molecule has 2 atom stereocenters. The van der Waals surface area contributed by atoms with E-state index in [-0.39, 0.29) is 11.9 Å². The molecule has 0 aliphatic carbocycles. The van der Waals surface area contributed by atoms with E-state index in [9.17, 15) is 14.7 Å². The van der Waals surface area contributed by atoms with E-state index in [0.29, 0.717) is 25.1 Å². The molecule has 0 bridgehead atoms. The molecule has 2 amide bonds. The maximum absolute atomic E-state index is 13.4. The molecule has 2 aliphatic rings. The molecule has 3 heterocycles. The second kappa shape index (κ2) is 7.28. The Morgan fingerprint density at radius 2 is 1.97 bits per heavy atom. The largest absolute Gasteiger partial charge is 0.465 e. The van der Waals surface area contributed by atoms with Crippen molar-refractivity contribution in [2.24, 2.45) is 0 Å². The summed E-state index contributed by atoms with van der Waals surface area (Å²) in [5.41, 5.74) is 4.93. The smallest absolute Gasteiger partial charge is 0.405 e. The number of nitrogens with zero attached hydrogens (tertiary/aromatic N) is 2. The van der Waals surface area contributed by atoms with Crippen molar-refractivity contribution < 1.29 is 14.7 Å². The number of aromatic nitrogens is 2. The van der Waals surface area contributed by atoms with E-state index >= 15 is 0 Å². The Kier molecular flexibility index (Phi) is 4.58. The van der Waals surface area contributed by atoms with Crippen LogP contribution in [0.4, 0.5) is 10.5 Å². The van der Waals surface area contributed by atoms with Gasteiger partial charge in [-0.1, -0.05) is 46.3 Å². The lowest BCUT2D eigenvalue weighted by atomic mass is 10.0. The summed E-state index contributed by atoms with van der Waals surface area (Å²) in [5.74, 6) is 0.465. The first-order chi connectivity index (χ1) is 14.5. The molecule has 0 radical (unpaired) electrons. The van der Waals surface area contributed by atoms with Crippen molar-refractivity contribution in [2.75, 3.05) is 4.90 Å². The van der Waals surface area contributed by atoms with Gasteiger partial charge in [-0.05, 0) is 41.7 Å². The van der Waals surface area contributed by atoms with Gasteiger partial charge in [-0.25, -0.2) is 9.78 Å². The standard InChI is InChI=1S/C22H19BrN4O3/c23-15-7-4-12(5-8-15)17-11-24-20(25-17)18-10-14-3-1-2-13-6-9-16(26-22(29)30)21(28)27(18)19(13)14/h1-5,7-8,11,16,18,26H,6,9-10H2,(H,24,25)(H,29,30)/t16-,18-/m0/s1. The lowest BCUT2D eigenvalue weighted by Gasteiger charge is -2.27. The summed E-state index contributed by atoms with van der Waals surface area (Å²) in [6, 6.07) is 12.9. The van der Waals surface area contributed by atoms with Gasteiger partial charge >= 0.3 is 6.09 Å². The number of amides is 2. The van der Waals surface area contributed by atoms with Crippen molar-refractivity contribution in [1.29, 1.82) is 0 Å². The van der Waals surface area contributed by atoms with Crippen molar-refractivity contribution in [3.63, 3.8) is 0 Å². The van der Waals surface area contributed by atoms with Gasteiger partial charge in [0.2, 0.25) is 5.91 Å². The second-order valence-electron chi connectivity index (χ2n) is 7.58. The fourth-order valence-corrected chi connectivity index (χ4v) is 4.68. The van der Waals surface area contributed by atoms with Crippen LogP contribution in [0.5, 0.6) is 0 Å². The second-order valence-corrected chi connectivity index (χ2v) is 8.50. The minimum Gasteiger partial charge on any atom is -0.465 e. The first-order valence-corrected chi connectivity index (χ1v) is 10.5. The normalized spacial score (nSPS) is 20.0. The summed E-state index contributed by atoms with van der Waals surface area (Å²) in [6.07, 6.45) is 2.31. The maximum atomic E-state index is 13.4. The molecular formula is C22H19BrN4O3. The highest BCUT2D eigenvalue weighted by Gasteiger charge is 2.42. The summed E-state index contributed by atoms with van der Waals surface area (Å²) < 4.78 is 0.997. The van der Waals surface area contributed by atoms with Crippen LogP contribution < -0.4 is 10.2 Å². The summed E-state index contributed by atoms with van der Waals surface area (Å²) in [7, 11) is 0. The Morgan fingerprint density at radius 1 is 1.20 bits per heavy atom. The molecule has 7 nitrogen and oxygen atoms in total. The third-order valence-electron chi connectivity index (χ3n) is 5.77. The Hall–Kier alpha value is -3.13. The first-order valence-electron chi connectivity index (χ1n) is 9.75. The Labute approximate surface area is 181 Å². The molecule has 0 spiro atoms. The highest BCUT2D eigenvalue weighted by molar-refractivity contribution is 9.10. The van der Waals surface area contributed by atoms with Crippen molar-refractivity contribution in [3.8, 4) is 11.3 Å². The molecule has 30 heavy (non-hydrogen) atoms. The molecule has 8 heteroatoms. The Morgan fingerprint density at radius 3 is 2.73 bits per heavy atom. The Bertz CT molecular complexity index is 1140. The number of halogens is 1. The zero-order valence-electron chi connectivity index (χ0n) is 15.9. The predicted molar refractivity (Wildman–Crippen MR) is 115 cm³/mol. The summed E-state index contributed by atoms with van der Waals surface area (Å²) >= 11 is 3.44. The maximum Gasteiger partial charge on any atom is 0.405 e. The molecule has 152 valence electrons. The number of imidazole rings is 1. The van der Waals surface area contributed by atoms with E-state index in [2.05, 4.69) is 31.2 Å². The van der Waals surface area contributed by atoms with Gasteiger partial charge in [-0.2, -0.15) is 0 Å². The molecule has 3 aromatic rings. The number of H-pyrrole nitrogens is 1. The van der Waals surface area contributed by atoms with Gasteiger partial charge in [0.15, 0.2) is 0 Å². The van der Waals surface area contributed by atoms with Crippen molar-refractivity contribution >= 4 is 33.6 Å². The highest BCUT2D eigenvalue weighted by atomic mass is 79.9. The lowest BCUT2D eigenvalue weighted by molar-refractivity contribution is -0.120. The van der Waals surface area contributed by atoms with Gasteiger partial charge in [-0.15, -0.1) is 0 Å². The number of hydrogen-bond donors (Lipinski definition) is 3. The van der Waals surface area contributed by atoms with Crippen LogP contribution in [0, 0.1) is 0 Å². The molecule has 0 fully saturated rings. The van der Waals surface area contributed by atoms with Gasteiger partial charge in [0, 0.05) is 10.9 Å². The van der Waals surface area contributed by atoms with Crippen molar-refractivity contribution in [1.82, 2.24) is 15.3 Å². The minimum absolute atomic E-state index is 0.229. The molecule has 2 aliphatic heterocycles. The number of hydrogen-bond acceptors (Lipinski definition) is 3. The number of aryl methyl sites for hydroxylation is 1. The summed E-state index contributed by atoms with van der Waals surface area (Å²) in [5, 5.41) is 11.6. The molecule has 2 aromatic carbocycles. The average Bonchev–Trinajstić information content (AvgIpc) is 3.32. The van der Waals surface area contributed by atoms with Crippen molar-refractivity contribution in [2.45, 2.75) is 31.3 Å². The number of carboxylic acid groups (broad SMARTS) is 1. The third-order valence-corrected chi connectivity index (χ3v) is 6.30. The fourth-order valence-electron chi connectivity index (χ4n) is 4.41. The number of aromatic amines is 1. The number of carbonyl (C=O) groups excluding carboxylic acids is 1. The summed E-state index contributed by atoms with van der Waals surface area (Å²) in [4.78, 5) is 34.3. The molecule has 0 saturated heterocycles. The average molecular weight is 467 g/mol. The quantitative estimate of drug-likeness (QED) is 0.541. The van der Waals surface area contributed by atoms with E-state index in [4.69, 9.17) is 0 Å². The van der Waals surface area contributed by atoms with Gasteiger partial charge in [0.25, 0.3) is 0 Å². The monoisotopic (exact) mass is 466 g/mol. The van der Waals surface area contributed by atoms with Gasteiger partial charge in [0.05, 0.1) is 23.6 Å². The van der Waals surface area contributed by atoms with Gasteiger partial charge < -0.3 is 15.4 Å². The zero-order valence-corrected chi connectivity index (χ0v) is 17.5. The third kappa shape index (κ3) is 3.17. The van der Waals surface area contributed by atoms with E-state index < -0.39 is 12.1 Å². The molecular weight excluding hydrogens is 448 g/mol. The van der Waals surface area contributed by atoms with Crippen LogP contribution in [-0.4, -0.2) is 33.1 Å². The predicted octanol–water partition coefficient (Wildman–Crippen LogP) is 4.05. The van der Waals surface area contributed by atoms with Gasteiger partial charge in [-0.3, -0.25) is 9.69 Å². The first kappa shape index (κ1) is 18.9. The van der Waals surface area contributed by atoms with E-state index in [0.717, 1.165) is 32.5 Å². The van der Waals surface area contributed by atoms with Crippen LogP contribution in [0.2, 0.25) is 0 Å². The molecule has 3 N–H and O–H groups in total. The van der Waals surface area contributed by atoms with Crippen LogP contribution in [0.3, 0.4) is 0 Å². The molecule has 0 saturated carbocycles. The number of nitrogens with one attached hydrogen (secondary N) is 2. The topological polar surface area (TPSA) is 98.3 Å². The Balaban J connectivity index is 1.54. The molecule has 1 aromatic heterocycles. The van der Waals surface area contributed by atoms with Crippen LogP contribution in [0.1, 0.15) is 29.4 Å². The van der Waals surface area contributed by atoms with E-state index in [1.165, 1.54) is 0 Å². The number of para-hydroxylation sites is 1. The van der Waals surface area contributed by atoms with E-state index in [1.54, 1.807) is 11.1 Å². The number of rotatable bonds is 3. The van der Waals surface area contributed by atoms with Crippen LogP contribution >= 0.6 is 15.9 Å². The molecule has 5 rings (SSSR count). The van der Waals surface area contributed by atoms with Crippen molar-refractivity contribution in [3.05, 3.63) is 70.1 Å². The van der Waals surface area contributed by atoms with Crippen LogP contribution in [-0.2, 0) is 17.6 Å². The van der Waals surface area contributed by atoms with Gasteiger partial charge in [0.1, 0.15) is 11.9 Å². The highest BCUT2D eigenvalue weighted by Crippen LogP contribution is 2.44. The van der Waals surface area contributed by atoms with E-state index in [1.807, 2.05) is 42.5 Å². The summed E-state index contributed by atoms with van der Waals surface area (Å²) in [6.45, 7) is 0. The zero-order chi connectivity index (χ0) is 20.8. The SMILES string of the molecule is O=C(O)N[C@H]1CCc2cccc3c2N(C1=O)[C@H](c1ncc(-c2ccc(Br)cc2)[nH]1)C3. The van der Waals surface area contributed by atoms with Crippen LogP contribution in [0.25, 0.3) is 11.3 Å².